The minimum Gasteiger partial charge on any atom is -0.383 e. The molecule has 1 fully saturated rings. The van der Waals surface area contributed by atoms with Crippen molar-refractivity contribution in [2.75, 3.05) is 43.7 Å². The average molecular weight is 307 g/mol. The molecule has 0 radical (unpaired) electrons. The molecule has 0 aromatic heterocycles. The molecule has 0 spiro atoms. The molecule has 1 atom stereocenters. The molecule has 1 heterocycles. The number of aryl methyl sites for hydroxylation is 1. The third-order valence-corrected chi connectivity index (χ3v) is 3.42. The number of rotatable bonds is 5. The van der Waals surface area contributed by atoms with Gasteiger partial charge in [0, 0.05) is 25.0 Å². The summed E-state index contributed by atoms with van der Waals surface area (Å²) in [4.78, 5) is 25.4. The predicted molar refractivity (Wildman–Crippen MR) is 82.8 cm³/mol. The van der Waals surface area contributed by atoms with Gasteiger partial charge in [-0.25, -0.2) is 0 Å². The molecule has 1 aromatic rings. The van der Waals surface area contributed by atoms with E-state index in [-0.39, 0.29) is 25.0 Å². The highest BCUT2D eigenvalue weighted by Crippen LogP contribution is 2.25. The third kappa shape index (κ3) is 3.82. The lowest BCUT2D eigenvalue weighted by Crippen LogP contribution is -2.42. The van der Waals surface area contributed by atoms with Crippen LogP contribution in [0.2, 0.25) is 0 Å². The van der Waals surface area contributed by atoms with E-state index < -0.39 is 6.04 Å². The number of morpholine rings is 1. The number of nitrogens with two attached hydrogens (primary N) is 1. The maximum absolute atomic E-state index is 11.9. The van der Waals surface area contributed by atoms with E-state index in [9.17, 15) is 9.59 Å². The van der Waals surface area contributed by atoms with Crippen LogP contribution in [0.1, 0.15) is 5.56 Å². The zero-order valence-electron chi connectivity index (χ0n) is 12.8. The van der Waals surface area contributed by atoms with Gasteiger partial charge in [-0.2, -0.15) is 0 Å². The topological polar surface area (TPSA) is 93.9 Å². The van der Waals surface area contributed by atoms with E-state index >= 15 is 0 Å². The normalized spacial score (nSPS) is 16.5. The first-order valence-corrected chi connectivity index (χ1v) is 7.07. The highest BCUT2D eigenvalue weighted by molar-refractivity contribution is 5.97. The lowest BCUT2D eigenvalue weighted by Gasteiger charge is -2.28. The molecule has 2 rings (SSSR count). The highest BCUT2D eigenvalue weighted by Gasteiger charge is 2.22. The molecule has 1 unspecified atom stereocenters. The van der Waals surface area contributed by atoms with Crippen molar-refractivity contribution in [2.24, 2.45) is 5.73 Å². The fourth-order valence-electron chi connectivity index (χ4n) is 2.30. The number of methoxy groups -OCH3 is 1. The first-order chi connectivity index (χ1) is 10.5. The number of hydrogen-bond acceptors (Lipinski definition) is 5. The van der Waals surface area contributed by atoms with Crippen LogP contribution in [-0.2, 0) is 19.1 Å². The van der Waals surface area contributed by atoms with Crippen LogP contribution in [0.4, 0.5) is 11.4 Å². The number of carbonyl (C=O) groups is 2. The molecule has 0 aliphatic carbocycles. The van der Waals surface area contributed by atoms with Gasteiger partial charge in [-0.05, 0) is 30.7 Å². The van der Waals surface area contributed by atoms with E-state index in [4.69, 9.17) is 15.2 Å². The molecule has 22 heavy (non-hydrogen) atoms. The van der Waals surface area contributed by atoms with Crippen LogP contribution >= 0.6 is 0 Å². The van der Waals surface area contributed by atoms with Crippen LogP contribution in [0.5, 0.6) is 0 Å². The van der Waals surface area contributed by atoms with Crippen molar-refractivity contribution in [1.29, 1.82) is 0 Å². The second kappa shape index (κ2) is 7.35. The lowest BCUT2D eigenvalue weighted by molar-refractivity contribution is -0.125. The number of nitrogens with one attached hydrogen (secondary N) is 1. The molecule has 3 N–H and O–H groups in total. The summed E-state index contributed by atoms with van der Waals surface area (Å²) in [6, 6.07) is 4.67. The maximum Gasteiger partial charge on any atom is 0.253 e. The standard InChI is InChI=1S/C15H21N3O4/c1-10-7-11(17-15(20)12(16)8-21-2)3-4-13(10)18-5-6-22-9-14(18)19/h3-4,7,12H,5-6,8-9,16H2,1-2H3,(H,17,20). The molecule has 1 aliphatic heterocycles. The van der Waals surface area contributed by atoms with Gasteiger partial charge >= 0.3 is 0 Å². The zero-order chi connectivity index (χ0) is 16.1. The van der Waals surface area contributed by atoms with Crippen molar-refractivity contribution in [3.63, 3.8) is 0 Å². The Hall–Kier alpha value is -1.96. The molecule has 2 amide bonds. The van der Waals surface area contributed by atoms with Crippen molar-refractivity contribution in [2.45, 2.75) is 13.0 Å². The van der Waals surface area contributed by atoms with E-state index in [0.717, 1.165) is 11.3 Å². The summed E-state index contributed by atoms with van der Waals surface area (Å²) < 4.78 is 9.98. The molecule has 7 nitrogen and oxygen atoms in total. The van der Waals surface area contributed by atoms with Gasteiger partial charge in [0.2, 0.25) is 5.91 Å². The lowest BCUT2D eigenvalue weighted by atomic mass is 10.1. The minimum atomic E-state index is -0.717. The zero-order valence-corrected chi connectivity index (χ0v) is 12.8. The van der Waals surface area contributed by atoms with Crippen LogP contribution < -0.4 is 16.0 Å². The van der Waals surface area contributed by atoms with E-state index in [1.165, 1.54) is 7.11 Å². The minimum absolute atomic E-state index is 0.0618. The van der Waals surface area contributed by atoms with Crippen LogP contribution in [0.15, 0.2) is 18.2 Å². The smallest absolute Gasteiger partial charge is 0.253 e. The van der Waals surface area contributed by atoms with Gasteiger partial charge in [0.15, 0.2) is 0 Å². The van der Waals surface area contributed by atoms with Gasteiger partial charge in [0.25, 0.3) is 5.91 Å². The maximum atomic E-state index is 11.9. The summed E-state index contributed by atoms with van der Waals surface area (Å²) in [7, 11) is 1.49. The molecule has 1 saturated heterocycles. The Labute approximate surface area is 129 Å². The molecule has 120 valence electrons. The fraction of sp³-hybridized carbons (Fsp3) is 0.467. The van der Waals surface area contributed by atoms with Gasteiger partial charge in [0.1, 0.15) is 12.6 Å². The summed E-state index contributed by atoms with van der Waals surface area (Å²) in [6.07, 6.45) is 0. The van der Waals surface area contributed by atoms with Gasteiger partial charge in [-0.15, -0.1) is 0 Å². The van der Waals surface area contributed by atoms with Crippen molar-refractivity contribution in [3.05, 3.63) is 23.8 Å². The molecule has 0 saturated carbocycles. The van der Waals surface area contributed by atoms with Gasteiger partial charge in [-0.3, -0.25) is 9.59 Å². The Morgan fingerprint density at radius 2 is 2.32 bits per heavy atom. The van der Waals surface area contributed by atoms with Crippen molar-refractivity contribution < 1.29 is 19.1 Å². The SMILES string of the molecule is COCC(N)C(=O)Nc1ccc(N2CCOCC2=O)c(C)c1. The Morgan fingerprint density at radius 1 is 1.55 bits per heavy atom. The largest absolute Gasteiger partial charge is 0.383 e. The number of hydrogen-bond donors (Lipinski definition) is 2. The number of ether oxygens (including phenoxy) is 2. The average Bonchev–Trinajstić information content (AvgIpc) is 2.49. The summed E-state index contributed by atoms with van der Waals surface area (Å²) >= 11 is 0. The van der Waals surface area contributed by atoms with Crippen LogP contribution in [0.3, 0.4) is 0 Å². The number of carbonyl (C=O) groups excluding carboxylic acids is 2. The fourth-order valence-corrected chi connectivity index (χ4v) is 2.30. The van der Waals surface area contributed by atoms with E-state index in [1.54, 1.807) is 11.0 Å². The Bertz CT molecular complexity index is 562. The first-order valence-electron chi connectivity index (χ1n) is 7.07. The summed E-state index contributed by atoms with van der Waals surface area (Å²) in [5, 5.41) is 2.74. The van der Waals surface area contributed by atoms with E-state index in [2.05, 4.69) is 5.32 Å². The van der Waals surface area contributed by atoms with Crippen molar-refractivity contribution in [3.8, 4) is 0 Å². The molecular formula is C15H21N3O4. The Morgan fingerprint density at radius 3 is 2.95 bits per heavy atom. The second-order valence-corrected chi connectivity index (χ2v) is 5.15. The highest BCUT2D eigenvalue weighted by atomic mass is 16.5. The summed E-state index contributed by atoms with van der Waals surface area (Å²) in [6.45, 7) is 3.21. The monoisotopic (exact) mass is 307 g/mol. The molecule has 1 aliphatic rings. The first kappa shape index (κ1) is 16.4. The van der Waals surface area contributed by atoms with Gasteiger partial charge in [0.05, 0.1) is 13.2 Å². The van der Waals surface area contributed by atoms with Crippen molar-refractivity contribution >= 4 is 23.2 Å². The molecule has 1 aromatic carbocycles. The number of anilines is 2. The molecule has 0 bridgehead atoms. The summed E-state index contributed by atoms with van der Waals surface area (Å²) in [5.41, 5.74) is 8.04. The number of benzene rings is 1. The number of nitrogens with zero attached hydrogens (tertiary/aromatic N) is 1. The van der Waals surface area contributed by atoms with Crippen LogP contribution in [0, 0.1) is 6.92 Å². The molecular weight excluding hydrogens is 286 g/mol. The Kier molecular flexibility index (Phi) is 5.48. The van der Waals surface area contributed by atoms with E-state index in [1.807, 2.05) is 19.1 Å². The quantitative estimate of drug-likeness (QED) is 0.814. The number of amides is 2. The second-order valence-electron chi connectivity index (χ2n) is 5.15. The van der Waals surface area contributed by atoms with Gasteiger partial charge in [-0.1, -0.05) is 0 Å². The third-order valence-electron chi connectivity index (χ3n) is 3.42. The Balaban J connectivity index is 2.09. The van der Waals surface area contributed by atoms with Crippen molar-refractivity contribution in [1.82, 2.24) is 0 Å². The van der Waals surface area contributed by atoms with Crippen LogP contribution in [-0.4, -0.2) is 51.3 Å². The predicted octanol–water partition coefficient (Wildman–Crippen LogP) is 0.270. The van der Waals surface area contributed by atoms with E-state index in [0.29, 0.717) is 18.8 Å². The summed E-state index contributed by atoms with van der Waals surface area (Å²) in [5.74, 6) is -0.371. The van der Waals surface area contributed by atoms with Gasteiger partial charge < -0.3 is 25.4 Å². The van der Waals surface area contributed by atoms with Crippen LogP contribution in [0.25, 0.3) is 0 Å². The molecule has 7 heteroatoms.